The van der Waals surface area contributed by atoms with Crippen molar-refractivity contribution >= 4 is 29.3 Å². The molecule has 2 rings (SSSR count). The zero-order valence-electron chi connectivity index (χ0n) is 15.4. The molecule has 0 saturated carbocycles. The molecule has 138 valence electrons. The van der Waals surface area contributed by atoms with Crippen LogP contribution in [0, 0.1) is 6.92 Å². The summed E-state index contributed by atoms with van der Waals surface area (Å²) in [5.41, 5.74) is 5.69. The van der Waals surface area contributed by atoms with E-state index in [1.807, 2.05) is 38.1 Å². The lowest BCUT2D eigenvalue weighted by Gasteiger charge is -2.23. The van der Waals surface area contributed by atoms with Crippen LogP contribution in [0.5, 0.6) is 11.5 Å². The van der Waals surface area contributed by atoms with Gasteiger partial charge in [-0.1, -0.05) is 29.3 Å². The summed E-state index contributed by atoms with van der Waals surface area (Å²) in [6.45, 7) is 4.64. The van der Waals surface area contributed by atoms with Crippen molar-refractivity contribution in [2.24, 2.45) is 0 Å². The maximum absolute atomic E-state index is 12.3. The number of rotatable bonds is 7. The lowest BCUT2D eigenvalue weighted by Crippen LogP contribution is -2.41. The van der Waals surface area contributed by atoms with Crippen LogP contribution in [0.15, 0.2) is 42.5 Å². The summed E-state index contributed by atoms with van der Waals surface area (Å²) < 4.78 is 10.5. The van der Waals surface area contributed by atoms with Gasteiger partial charge in [0.1, 0.15) is 0 Å². The van der Waals surface area contributed by atoms with Gasteiger partial charge in [0.05, 0.1) is 24.9 Å². The predicted molar refractivity (Wildman–Crippen MR) is 106 cm³/mol. The molecule has 0 aliphatic heterocycles. The van der Waals surface area contributed by atoms with Crippen LogP contribution in [-0.4, -0.2) is 26.7 Å². The lowest BCUT2D eigenvalue weighted by molar-refractivity contribution is -0.116. The van der Waals surface area contributed by atoms with Crippen molar-refractivity contribution in [1.29, 1.82) is 0 Å². The quantitative estimate of drug-likeness (QED) is 0.582. The van der Waals surface area contributed by atoms with Gasteiger partial charge in [-0.25, -0.2) is 0 Å². The molecule has 0 aliphatic carbocycles. The molecule has 0 saturated heterocycles. The van der Waals surface area contributed by atoms with Crippen LogP contribution < -0.4 is 19.9 Å². The average Bonchev–Trinajstić information content (AvgIpc) is 2.64. The Morgan fingerprint density at radius 2 is 1.88 bits per heavy atom. The van der Waals surface area contributed by atoms with Crippen LogP contribution in [0.3, 0.4) is 0 Å². The third kappa shape index (κ3) is 4.92. The van der Waals surface area contributed by atoms with Crippen LogP contribution in [0.2, 0.25) is 5.02 Å². The molecule has 0 aliphatic rings. The molecule has 0 bridgehead atoms. The van der Waals surface area contributed by atoms with E-state index in [4.69, 9.17) is 21.1 Å². The Labute approximate surface area is 159 Å². The maximum Gasteiger partial charge on any atom is 0.262 e. The van der Waals surface area contributed by atoms with E-state index in [0.29, 0.717) is 23.1 Å². The van der Waals surface area contributed by atoms with Gasteiger partial charge in [0.25, 0.3) is 5.91 Å². The molecule has 0 aromatic heterocycles. The fourth-order valence-electron chi connectivity index (χ4n) is 2.43. The first kappa shape index (κ1) is 19.7. The number of carbonyl (C=O) groups is 1. The molecule has 0 atom stereocenters. The number of hydrogen-bond acceptors (Lipinski definition) is 4. The maximum atomic E-state index is 12.3. The van der Waals surface area contributed by atoms with Gasteiger partial charge in [0.15, 0.2) is 11.5 Å². The standard InChI is InChI=1S/C20H23ClN2O3/c1-5-23(16-9-6-14(2)7-10-16)22-19(24)11-8-15-12-17(21)20(26-4)18(13-15)25-3/h6-13H,5H2,1-4H3,(H,22,24)/b11-8+. The zero-order chi connectivity index (χ0) is 19.1. The summed E-state index contributed by atoms with van der Waals surface area (Å²) >= 11 is 6.18. The summed E-state index contributed by atoms with van der Waals surface area (Å²) in [4.78, 5) is 12.3. The first-order valence-electron chi connectivity index (χ1n) is 8.23. The van der Waals surface area contributed by atoms with E-state index >= 15 is 0 Å². The molecule has 5 nitrogen and oxygen atoms in total. The summed E-state index contributed by atoms with van der Waals surface area (Å²) in [7, 11) is 3.06. The highest BCUT2D eigenvalue weighted by Crippen LogP contribution is 2.36. The summed E-state index contributed by atoms with van der Waals surface area (Å²) in [6, 6.07) is 11.4. The molecule has 2 aromatic rings. The van der Waals surface area contributed by atoms with Crippen molar-refractivity contribution < 1.29 is 14.3 Å². The number of nitrogens with zero attached hydrogens (tertiary/aromatic N) is 1. The molecule has 0 spiro atoms. The van der Waals surface area contributed by atoms with E-state index in [2.05, 4.69) is 5.43 Å². The number of methoxy groups -OCH3 is 2. The van der Waals surface area contributed by atoms with Gasteiger partial charge in [0, 0.05) is 12.6 Å². The number of nitrogens with one attached hydrogen (secondary N) is 1. The fourth-order valence-corrected chi connectivity index (χ4v) is 2.72. The minimum absolute atomic E-state index is 0.238. The minimum atomic E-state index is -0.238. The highest BCUT2D eigenvalue weighted by molar-refractivity contribution is 6.32. The predicted octanol–water partition coefficient (Wildman–Crippen LogP) is 4.24. The first-order chi connectivity index (χ1) is 12.5. The van der Waals surface area contributed by atoms with E-state index in [0.717, 1.165) is 11.3 Å². The SMILES string of the molecule is CCN(NC(=O)/C=C/c1cc(Cl)c(OC)c(OC)c1)c1ccc(C)cc1. The molecule has 2 aromatic carbocycles. The molecule has 1 amide bonds. The second-order valence-corrected chi connectivity index (χ2v) is 6.03. The van der Waals surface area contributed by atoms with E-state index in [1.54, 1.807) is 23.2 Å². The molecular formula is C20H23ClN2O3. The van der Waals surface area contributed by atoms with Gasteiger partial charge in [-0.05, 0) is 49.8 Å². The summed E-state index contributed by atoms with van der Waals surface area (Å²) in [5, 5.41) is 2.20. The highest BCUT2D eigenvalue weighted by atomic mass is 35.5. The molecule has 0 unspecified atom stereocenters. The number of hydrogen-bond donors (Lipinski definition) is 1. The monoisotopic (exact) mass is 374 g/mol. The fraction of sp³-hybridized carbons (Fsp3) is 0.250. The second kappa shape index (κ2) is 9.15. The molecule has 0 fully saturated rings. The van der Waals surface area contributed by atoms with E-state index < -0.39 is 0 Å². The van der Waals surface area contributed by atoms with Crippen LogP contribution in [0.4, 0.5) is 5.69 Å². The topological polar surface area (TPSA) is 50.8 Å². The molecule has 6 heteroatoms. The lowest BCUT2D eigenvalue weighted by atomic mass is 10.2. The normalized spacial score (nSPS) is 10.7. The van der Waals surface area contributed by atoms with Crippen molar-refractivity contribution in [3.63, 3.8) is 0 Å². The van der Waals surface area contributed by atoms with Crippen LogP contribution in [-0.2, 0) is 4.79 Å². The number of ether oxygens (including phenoxy) is 2. The average molecular weight is 375 g/mol. The molecule has 0 radical (unpaired) electrons. The summed E-state index contributed by atoms with van der Waals surface area (Å²) in [6.07, 6.45) is 3.13. The Morgan fingerprint density at radius 3 is 2.46 bits per heavy atom. The Balaban J connectivity index is 2.11. The van der Waals surface area contributed by atoms with E-state index in [1.165, 1.54) is 25.9 Å². The number of aryl methyl sites for hydroxylation is 1. The summed E-state index contributed by atoms with van der Waals surface area (Å²) in [5.74, 6) is 0.737. The number of hydrazine groups is 1. The highest BCUT2D eigenvalue weighted by Gasteiger charge is 2.10. The van der Waals surface area contributed by atoms with Crippen molar-refractivity contribution in [1.82, 2.24) is 5.43 Å². The molecular weight excluding hydrogens is 352 g/mol. The first-order valence-corrected chi connectivity index (χ1v) is 8.60. The number of carbonyl (C=O) groups excluding carboxylic acids is 1. The van der Waals surface area contributed by atoms with Crippen molar-refractivity contribution in [2.45, 2.75) is 13.8 Å². The molecule has 0 heterocycles. The Morgan fingerprint density at radius 1 is 1.19 bits per heavy atom. The Bertz CT molecular complexity index is 788. The Kier molecular flexibility index (Phi) is 6.92. The van der Waals surface area contributed by atoms with Crippen LogP contribution in [0.1, 0.15) is 18.1 Å². The van der Waals surface area contributed by atoms with Gasteiger partial charge in [-0.3, -0.25) is 15.2 Å². The third-order valence-corrected chi connectivity index (χ3v) is 4.07. The number of benzene rings is 2. The van der Waals surface area contributed by atoms with Crippen molar-refractivity contribution in [3.05, 3.63) is 58.6 Å². The van der Waals surface area contributed by atoms with Crippen molar-refractivity contribution in [2.75, 3.05) is 25.8 Å². The number of amides is 1. The van der Waals surface area contributed by atoms with E-state index in [9.17, 15) is 4.79 Å². The zero-order valence-corrected chi connectivity index (χ0v) is 16.1. The second-order valence-electron chi connectivity index (χ2n) is 5.63. The minimum Gasteiger partial charge on any atom is -0.493 e. The third-order valence-electron chi connectivity index (χ3n) is 3.79. The Hall–Kier alpha value is -2.66. The van der Waals surface area contributed by atoms with E-state index in [-0.39, 0.29) is 5.91 Å². The van der Waals surface area contributed by atoms with Crippen LogP contribution in [0.25, 0.3) is 6.08 Å². The molecule has 26 heavy (non-hydrogen) atoms. The number of anilines is 1. The van der Waals surface area contributed by atoms with Gasteiger partial charge in [0.2, 0.25) is 0 Å². The number of halogens is 1. The smallest absolute Gasteiger partial charge is 0.262 e. The van der Waals surface area contributed by atoms with Crippen LogP contribution >= 0.6 is 11.6 Å². The van der Waals surface area contributed by atoms with Gasteiger partial charge >= 0.3 is 0 Å². The van der Waals surface area contributed by atoms with Gasteiger partial charge < -0.3 is 9.47 Å². The van der Waals surface area contributed by atoms with Crippen molar-refractivity contribution in [3.8, 4) is 11.5 Å². The van der Waals surface area contributed by atoms with Gasteiger partial charge in [-0.15, -0.1) is 0 Å². The molecule has 1 N–H and O–H groups in total. The largest absolute Gasteiger partial charge is 0.493 e. The van der Waals surface area contributed by atoms with Gasteiger partial charge in [-0.2, -0.15) is 0 Å².